The Morgan fingerprint density at radius 1 is 1.19 bits per heavy atom. The largest absolute Gasteiger partial charge is 0.392 e. The molecular formula is C17H18N2OS. The molecule has 0 atom stereocenters. The van der Waals surface area contributed by atoms with Gasteiger partial charge in [0, 0.05) is 22.4 Å². The number of aromatic nitrogens is 1. The molecule has 1 N–H and O–H groups in total. The molecule has 0 amide bonds. The summed E-state index contributed by atoms with van der Waals surface area (Å²) >= 11 is 1.75. The zero-order chi connectivity index (χ0) is 14.7. The summed E-state index contributed by atoms with van der Waals surface area (Å²) in [7, 11) is 0. The molecule has 3 aromatic rings. The molecule has 3 rings (SSSR count). The van der Waals surface area contributed by atoms with Crippen LogP contribution < -0.4 is 4.90 Å². The van der Waals surface area contributed by atoms with Crippen LogP contribution in [-0.2, 0) is 13.2 Å². The highest BCUT2D eigenvalue weighted by Crippen LogP contribution is 2.25. The quantitative estimate of drug-likeness (QED) is 0.778. The lowest BCUT2D eigenvalue weighted by molar-refractivity contribution is 0.282. The summed E-state index contributed by atoms with van der Waals surface area (Å²) in [5.74, 6) is 0.882. The maximum absolute atomic E-state index is 9.68. The SMILES string of the molecule is CCN(Cc1cccs1)c1nc2ccccc2cc1CO. The molecule has 0 unspecified atom stereocenters. The van der Waals surface area contributed by atoms with E-state index in [0.29, 0.717) is 0 Å². The molecule has 4 heteroatoms. The van der Waals surface area contributed by atoms with Crippen molar-refractivity contribution in [3.8, 4) is 0 Å². The minimum atomic E-state index is 0.00804. The first-order valence-electron chi connectivity index (χ1n) is 7.08. The smallest absolute Gasteiger partial charge is 0.135 e. The first-order chi connectivity index (χ1) is 10.3. The van der Waals surface area contributed by atoms with Crippen LogP contribution in [0.4, 0.5) is 5.82 Å². The van der Waals surface area contributed by atoms with Crippen molar-refractivity contribution in [3.05, 3.63) is 58.3 Å². The predicted octanol–water partition coefficient (Wildman–Crippen LogP) is 3.82. The lowest BCUT2D eigenvalue weighted by atomic mass is 10.1. The fraction of sp³-hybridized carbons (Fsp3) is 0.235. The summed E-state index contributed by atoms with van der Waals surface area (Å²) in [5, 5.41) is 12.8. The van der Waals surface area contributed by atoms with Gasteiger partial charge in [0.15, 0.2) is 0 Å². The van der Waals surface area contributed by atoms with Crippen LogP contribution >= 0.6 is 11.3 Å². The van der Waals surface area contributed by atoms with E-state index in [1.807, 2.05) is 30.3 Å². The molecule has 0 aliphatic carbocycles. The van der Waals surface area contributed by atoms with Gasteiger partial charge in [0.2, 0.25) is 0 Å². The second-order valence-electron chi connectivity index (χ2n) is 4.92. The van der Waals surface area contributed by atoms with Gasteiger partial charge >= 0.3 is 0 Å². The van der Waals surface area contributed by atoms with Crippen molar-refractivity contribution in [2.45, 2.75) is 20.1 Å². The summed E-state index contributed by atoms with van der Waals surface area (Å²) in [6.07, 6.45) is 0. The Labute approximate surface area is 128 Å². The first kappa shape index (κ1) is 14.0. The van der Waals surface area contributed by atoms with Gasteiger partial charge in [0.1, 0.15) is 5.82 Å². The number of para-hydroxylation sites is 1. The molecule has 1 aromatic carbocycles. The number of aliphatic hydroxyl groups is 1. The van der Waals surface area contributed by atoms with Crippen LogP contribution in [0.5, 0.6) is 0 Å². The second kappa shape index (κ2) is 6.24. The van der Waals surface area contributed by atoms with Gasteiger partial charge in [-0.25, -0.2) is 4.98 Å². The topological polar surface area (TPSA) is 36.4 Å². The summed E-state index contributed by atoms with van der Waals surface area (Å²) in [5.41, 5.74) is 1.85. The number of nitrogens with zero attached hydrogens (tertiary/aromatic N) is 2. The Kier molecular flexibility index (Phi) is 4.18. The average molecular weight is 298 g/mol. The van der Waals surface area contributed by atoms with Gasteiger partial charge < -0.3 is 10.0 Å². The van der Waals surface area contributed by atoms with E-state index >= 15 is 0 Å². The molecule has 0 saturated heterocycles. The van der Waals surface area contributed by atoms with Gasteiger partial charge in [-0.2, -0.15) is 0 Å². The number of fused-ring (bicyclic) bond motifs is 1. The van der Waals surface area contributed by atoms with E-state index in [9.17, 15) is 5.11 Å². The van der Waals surface area contributed by atoms with Crippen LogP contribution in [-0.4, -0.2) is 16.6 Å². The number of hydrogen-bond donors (Lipinski definition) is 1. The highest BCUT2D eigenvalue weighted by Gasteiger charge is 2.13. The van der Waals surface area contributed by atoms with E-state index in [4.69, 9.17) is 4.98 Å². The van der Waals surface area contributed by atoms with E-state index in [0.717, 1.165) is 35.4 Å². The number of thiophene rings is 1. The maximum atomic E-state index is 9.68. The summed E-state index contributed by atoms with van der Waals surface area (Å²) in [6, 6.07) is 14.3. The van der Waals surface area contributed by atoms with Crippen molar-refractivity contribution in [2.24, 2.45) is 0 Å². The molecule has 0 radical (unpaired) electrons. The van der Waals surface area contributed by atoms with Crippen LogP contribution in [0.15, 0.2) is 47.8 Å². The third-order valence-electron chi connectivity index (χ3n) is 3.56. The van der Waals surface area contributed by atoms with Crippen molar-refractivity contribution >= 4 is 28.1 Å². The third-order valence-corrected chi connectivity index (χ3v) is 4.42. The normalized spacial score (nSPS) is 11.0. The van der Waals surface area contributed by atoms with E-state index in [1.54, 1.807) is 11.3 Å². The Balaban J connectivity index is 2.03. The summed E-state index contributed by atoms with van der Waals surface area (Å²) in [4.78, 5) is 8.28. The van der Waals surface area contributed by atoms with Crippen LogP contribution in [0, 0.1) is 0 Å². The highest BCUT2D eigenvalue weighted by molar-refractivity contribution is 7.09. The Morgan fingerprint density at radius 2 is 2.05 bits per heavy atom. The van der Waals surface area contributed by atoms with Gasteiger partial charge in [0.25, 0.3) is 0 Å². The molecule has 3 nitrogen and oxygen atoms in total. The molecule has 2 heterocycles. The zero-order valence-electron chi connectivity index (χ0n) is 12.0. The highest BCUT2D eigenvalue weighted by atomic mass is 32.1. The van der Waals surface area contributed by atoms with E-state index < -0.39 is 0 Å². The monoisotopic (exact) mass is 298 g/mol. The summed E-state index contributed by atoms with van der Waals surface area (Å²) in [6.45, 7) is 3.81. The van der Waals surface area contributed by atoms with Gasteiger partial charge in [-0.3, -0.25) is 0 Å². The molecule has 0 fully saturated rings. The maximum Gasteiger partial charge on any atom is 0.135 e. The van der Waals surface area contributed by atoms with Gasteiger partial charge in [-0.05, 0) is 30.5 Å². The Morgan fingerprint density at radius 3 is 2.76 bits per heavy atom. The van der Waals surface area contributed by atoms with E-state index in [-0.39, 0.29) is 6.61 Å². The van der Waals surface area contributed by atoms with Crippen molar-refractivity contribution in [3.63, 3.8) is 0 Å². The number of benzene rings is 1. The number of rotatable bonds is 5. The fourth-order valence-electron chi connectivity index (χ4n) is 2.47. The molecule has 108 valence electrons. The average Bonchev–Trinajstić information content (AvgIpc) is 3.04. The first-order valence-corrected chi connectivity index (χ1v) is 7.96. The minimum Gasteiger partial charge on any atom is -0.392 e. The van der Waals surface area contributed by atoms with Gasteiger partial charge in [-0.15, -0.1) is 11.3 Å². The number of aliphatic hydroxyl groups excluding tert-OH is 1. The molecule has 0 spiro atoms. The van der Waals surface area contributed by atoms with Gasteiger partial charge in [-0.1, -0.05) is 24.3 Å². The van der Waals surface area contributed by atoms with Crippen LogP contribution in [0.3, 0.4) is 0 Å². The molecule has 0 saturated carbocycles. The Hall–Kier alpha value is -1.91. The molecule has 0 bridgehead atoms. The van der Waals surface area contributed by atoms with Crippen molar-refractivity contribution in [1.29, 1.82) is 0 Å². The molecule has 2 aromatic heterocycles. The number of anilines is 1. The van der Waals surface area contributed by atoms with Crippen molar-refractivity contribution in [1.82, 2.24) is 4.98 Å². The lowest BCUT2D eigenvalue weighted by Gasteiger charge is -2.24. The minimum absolute atomic E-state index is 0.00804. The van der Waals surface area contributed by atoms with Crippen molar-refractivity contribution in [2.75, 3.05) is 11.4 Å². The predicted molar refractivity (Wildman–Crippen MR) is 88.7 cm³/mol. The number of pyridine rings is 1. The molecule has 0 aliphatic rings. The van der Waals surface area contributed by atoms with Crippen molar-refractivity contribution < 1.29 is 5.11 Å². The molecular weight excluding hydrogens is 280 g/mol. The van der Waals surface area contributed by atoms with Crippen LogP contribution in [0.2, 0.25) is 0 Å². The van der Waals surface area contributed by atoms with Crippen LogP contribution in [0.25, 0.3) is 10.9 Å². The Bertz CT molecular complexity index is 725. The van der Waals surface area contributed by atoms with Gasteiger partial charge in [0.05, 0.1) is 18.7 Å². The van der Waals surface area contributed by atoms with E-state index in [1.165, 1.54) is 4.88 Å². The van der Waals surface area contributed by atoms with Crippen LogP contribution in [0.1, 0.15) is 17.4 Å². The fourth-order valence-corrected chi connectivity index (χ4v) is 3.19. The lowest BCUT2D eigenvalue weighted by Crippen LogP contribution is -2.24. The van der Waals surface area contributed by atoms with E-state index in [2.05, 4.69) is 29.3 Å². The summed E-state index contributed by atoms with van der Waals surface area (Å²) < 4.78 is 0. The second-order valence-corrected chi connectivity index (χ2v) is 5.95. The number of hydrogen-bond acceptors (Lipinski definition) is 4. The zero-order valence-corrected chi connectivity index (χ0v) is 12.8. The third kappa shape index (κ3) is 2.91. The molecule has 21 heavy (non-hydrogen) atoms. The standard InChI is InChI=1S/C17H18N2OS/c1-2-19(11-15-7-5-9-21-15)17-14(12-20)10-13-6-3-4-8-16(13)18-17/h3-10,20H,2,11-12H2,1H3. The molecule has 0 aliphatic heterocycles.